The number of rotatable bonds is 4. The van der Waals surface area contributed by atoms with Gasteiger partial charge in [-0.3, -0.25) is 14.7 Å². The number of thiophene rings is 1. The molecule has 0 aliphatic carbocycles. The molecule has 2 aliphatic heterocycles. The molecule has 132 valence electrons. The molecule has 5 rings (SSSR count). The Bertz CT molecular complexity index is 905. The summed E-state index contributed by atoms with van der Waals surface area (Å²) in [5.41, 5.74) is 1.89. The zero-order valence-corrected chi connectivity index (χ0v) is 15.2. The first-order chi connectivity index (χ1) is 12.8. The van der Waals surface area contributed by atoms with Crippen LogP contribution in [0, 0.1) is 0 Å². The lowest BCUT2D eigenvalue weighted by atomic mass is 10.1. The molecule has 0 N–H and O–H groups in total. The highest BCUT2D eigenvalue weighted by molar-refractivity contribution is 7.09. The minimum Gasteiger partial charge on any atom is -0.337 e. The largest absolute Gasteiger partial charge is 0.337 e. The summed E-state index contributed by atoms with van der Waals surface area (Å²) in [4.78, 5) is 23.3. The fourth-order valence-electron chi connectivity index (χ4n) is 4.20. The maximum Gasteiger partial charge on any atom is 0.271 e. The Kier molecular flexibility index (Phi) is 3.87. The van der Waals surface area contributed by atoms with E-state index in [1.54, 1.807) is 11.3 Å². The first-order valence-electron chi connectivity index (χ1n) is 8.92. The predicted molar refractivity (Wildman–Crippen MR) is 101 cm³/mol. The molecule has 0 saturated carbocycles. The van der Waals surface area contributed by atoms with Crippen LogP contribution >= 0.6 is 11.3 Å². The Labute approximate surface area is 156 Å². The number of pyridine rings is 1. The fourth-order valence-corrected chi connectivity index (χ4v) is 4.90. The number of nitrogens with zero attached hydrogens (tertiary/aromatic N) is 4. The molecular weight excluding hydrogens is 344 g/mol. The second-order valence-electron chi connectivity index (χ2n) is 6.96. The van der Waals surface area contributed by atoms with E-state index >= 15 is 0 Å². The van der Waals surface area contributed by atoms with Crippen molar-refractivity contribution in [3.05, 3.63) is 76.5 Å². The summed E-state index contributed by atoms with van der Waals surface area (Å²) in [6.45, 7) is 3.35. The van der Waals surface area contributed by atoms with Gasteiger partial charge in [-0.1, -0.05) is 12.1 Å². The van der Waals surface area contributed by atoms with E-state index in [1.807, 2.05) is 30.5 Å². The lowest BCUT2D eigenvalue weighted by Crippen LogP contribution is -2.49. The van der Waals surface area contributed by atoms with E-state index in [-0.39, 0.29) is 11.9 Å². The third kappa shape index (κ3) is 2.66. The van der Waals surface area contributed by atoms with Crippen molar-refractivity contribution >= 4 is 17.2 Å². The molecule has 0 unspecified atom stereocenters. The Morgan fingerprint density at radius 1 is 1.04 bits per heavy atom. The molecule has 6 heteroatoms. The quantitative estimate of drug-likeness (QED) is 0.715. The second-order valence-corrected chi connectivity index (χ2v) is 8.00. The molecule has 2 aliphatic rings. The smallest absolute Gasteiger partial charge is 0.271 e. The molecule has 0 aromatic carbocycles. The van der Waals surface area contributed by atoms with Crippen LogP contribution in [-0.2, 0) is 13.1 Å². The molecule has 1 fully saturated rings. The van der Waals surface area contributed by atoms with E-state index in [0.29, 0.717) is 12.6 Å². The van der Waals surface area contributed by atoms with Gasteiger partial charge in [-0.25, -0.2) is 0 Å². The number of hydrogen-bond acceptors (Lipinski definition) is 4. The van der Waals surface area contributed by atoms with E-state index in [4.69, 9.17) is 0 Å². The van der Waals surface area contributed by atoms with Gasteiger partial charge in [-0.15, -0.1) is 11.3 Å². The number of hydrogen-bond donors (Lipinski definition) is 0. The topological polar surface area (TPSA) is 41.4 Å². The molecular formula is C20H20N4OS. The van der Waals surface area contributed by atoms with E-state index in [9.17, 15) is 4.79 Å². The van der Waals surface area contributed by atoms with Gasteiger partial charge in [0, 0.05) is 36.9 Å². The number of carbonyl (C=O) groups excluding carboxylic acids is 1. The van der Waals surface area contributed by atoms with Gasteiger partial charge in [-0.05, 0) is 35.7 Å². The van der Waals surface area contributed by atoms with Crippen molar-refractivity contribution in [3.63, 3.8) is 0 Å². The Hall–Kier alpha value is -2.44. The van der Waals surface area contributed by atoms with Crippen LogP contribution in [0.15, 0.2) is 60.2 Å². The van der Waals surface area contributed by atoms with Crippen molar-refractivity contribution in [1.29, 1.82) is 0 Å². The van der Waals surface area contributed by atoms with E-state index in [1.165, 1.54) is 4.88 Å². The molecule has 1 saturated heterocycles. The minimum atomic E-state index is 0.143. The summed E-state index contributed by atoms with van der Waals surface area (Å²) < 4.78 is 2.18. The summed E-state index contributed by atoms with van der Waals surface area (Å²) in [6.07, 6.45) is 3.90. The van der Waals surface area contributed by atoms with Gasteiger partial charge in [0.05, 0.1) is 24.3 Å². The Morgan fingerprint density at radius 3 is 2.77 bits per heavy atom. The number of likely N-dealkylation sites (tertiary alicyclic amines) is 1. The predicted octanol–water partition coefficient (Wildman–Crippen LogP) is 3.03. The third-order valence-electron chi connectivity index (χ3n) is 5.37. The summed E-state index contributed by atoms with van der Waals surface area (Å²) in [7, 11) is 0. The van der Waals surface area contributed by atoms with Gasteiger partial charge in [-0.2, -0.15) is 0 Å². The van der Waals surface area contributed by atoms with Crippen LogP contribution in [0.2, 0.25) is 0 Å². The lowest BCUT2D eigenvalue weighted by Gasteiger charge is -2.38. The number of carbonyl (C=O) groups is 1. The summed E-state index contributed by atoms with van der Waals surface area (Å²) in [6, 6.07) is 14.6. The van der Waals surface area contributed by atoms with Crippen molar-refractivity contribution in [2.45, 2.75) is 25.2 Å². The number of aromatic nitrogens is 2. The summed E-state index contributed by atoms with van der Waals surface area (Å²) >= 11 is 1.72. The molecule has 0 radical (unpaired) electrons. The van der Waals surface area contributed by atoms with Crippen molar-refractivity contribution in [2.24, 2.45) is 0 Å². The van der Waals surface area contributed by atoms with Gasteiger partial charge in [0.1, 0.15) is 5.69 Å². The van der Waals surface area contributed by atoms with Crippen LogP contribution in [0.4, 0.5) is 0 Å². The molecule has 2 atom stereocenters. The van der Waals surface area contributed by atoms with Gasteiger partial charge in [0.15, 0.2) is 0 Å². The number of fused-ring (bicyclic) bond motifs is 3. The van der Waals surface area contributed by atoms with Gasteiger partial charge < -0.3 is 9.47 Å². The maximum absolute atomic E-state index is 13.1. The van der Waals surface area contributed by atoms with Gasteiger partial charge in [0.25, 0.3) is 5.91 Å². The molecule has 1 amide bonds. The van der Waals surface area contributed by atoms with E-state index in [2.05, 4.69) is 49.1 Å². The van der Waals surface area contributed by atoms with Crippen LogP contribution in [-0.4, -0.2) is 44.4 Å². The first-order valence-corrected chi connectivity index (χ1v) is 9.80. The fraction of sp³-hybridized carbons (Fsp3) is 0.300. The summed E-state index contributed by atoms with van der Waals surface area (Å²) in [5.74, 6) is 0.143. The molecule has 0 spiro atoms. The zero-order chi connectivity index (χ0) is 17.5. The Morgan fingerprint density at radius 2 is 1.96 bits per heavy atom. The molecule has 3 aromatic heterocycles. The minimum absolute atomic E-state index is 0.143. The molecule has 5 nitrogen and oxygen atoms in total. The highest BCUT2D eigenvalue weighted by Gasteiger charge is 2.44. The highest BCUT2D eigenvalue weighted by Crippen LogP contribution is 2.35. The van der Waals surface area contributed by atoms with Crippen LogP contribution in [0.25, 0.3) is 0 Å². The van der Waals surface area contributed by atoms with E-state index in [0.717, 1.165) is 31.0 Å². The van der Waals surface area contributed by atoms with Crippen LogP contribution in [0.5, 0.6) is 0 Å². The van der Waals surface area contributed by atoms with Crippen LogP contribution in [0.1, 0.15) is 27.1 Å². The third-order valence-corrected chi connectivity index (χ3v) is 6.23. The average Bonchev–Trinajstić information content (AvgIpc) is 3.39. The highest BCUT2D eigenvalue weighted by atomic mass is 32.1. The number of amides is 1. The van der Waals surface area contributed by atoms with Crippen molar-refractivity contribution < 1.29 is 4.79 Å². The van der Waals surface area contributed by atoms with Crippen molar-refractivity contribution in [3.8, 4) is 0 Å². The second kappa shape index (κ2) is 6.37. The SMILES string of the molecule is O=C1c2cccn2[C@@H]2CN(Cc3ccccn3)C[C@H]2N1Cc1cccs1. The molecule has 5 heterocycles. The van der Waals surface area contributed by atoms with Crippen molar-refractivity contribution in [2.75, 3.05) is 13.1 Å². The molecule has 3 aromatic rings. The van der Waals surface area contributed by atoms with E-state index < -0.39 is 0 Å². The first kappa shape index (κ1) is 15.8. The normalized spacial score (nSPS) is 22.5. The van der Waals surface area contributed by atoms with Gasteiger partial charge >= 0.3 is 0 Å². The van der Waals surface area contributed by atoms with Crippen LogP contribution < -0.4 is 0 Å². The summed E-state index contributed by atoms with van der Waals surface area (Å²) in [5, 5.41) is 2.08. The molecule has 0 bridgehead atoms. The monoisotopic (exact) mass is 364 g/mol. The lowest BCUT2D eigenvalue weighted by molar-refractivity contribution is 0.0559. The van der Waals surface area contributed by atoms with Crippen molar-refractivity contribution in [1.82, 2.24) is 19.4 Å². The molecule has 26 heavy (non-hydrogen) atoms. The maximum atomic E-state index is 13.1. The van der Waals surface area contributed by atoms with Gasteiger partial charge in [0.2, 0.25) is 0 Å². The average molecular weight is 364 g/mol. The van der Waals surface area contributed by atoms with Crippen LogP contribution in [0.3, 0.4) is 0 Å². The zero-order valence-electron chi connectivity index (χ0n) is 14.4. The standard InChI is InChI=1S/C20H20N4OS/c25-20-17-7-3-9-23(17)18-13-22(11-15-5-1-2-8-21-15)14-19(18)24(20)12-16-6-4-10-26-16/h1-10,18-19H,11-14H2/t18-,19-/m1/s1. The Balaban J connectivity index is 1.44.